The molecule has 16 nitrogen and oxygen atoms in total. The number of carbonyl (C=O) groups excluding carboxylic acids is 4. The molecular formula is C47H58N8O8. The number of hydrogen-bond acceptors (Lipinski definition) is 10. The normalized spacial score (nSPS) is 21.0. The van der Waals surface area contributed by atoms with E-state index in [1.807, 2.05) is 11.0 Å². The van der Waals surface area contributed by atoms with E-state index in [1.165, 1.54) is 14.2 Å². The first-order valence-electron chi connectivity index (χ1n) is 22.1. The highest BCUT2D eigenvalue weighted by Crippen LogP contribution is 2.44. The first kappa shape index (κ1) is 43.5. The Morgan fingerprint density at radius 2 is 1.81 bits per heavy atom. The molecule has 0 radical (unpaired) electrons. The highest BCUT2D eigenvalue weighted by atomic mass is 16.5. The number of benzene rings is 3. The number of nitrogens with one attached hydrogen (secondary N) is 4. The Hall–Kier alpha value is -6.16. The molecule has 8 rings (SSSR count). The van der Waals surface area contributed by atoms with Crippen LogP contribution in [0.3, 0.4) is 0 Å². The molecule has 3 aromatic carbocycles. The van der Waals surface area contributed by atoms with Crippen LogP contribution in [-0.2, 0) is 37.0 Å². The minimum absolute atomic E-state index is 0.0781. The summed E-state index contributed by atoms with van der Waals surface area (Å²) in [6.45, 7) is 9.18. The molecule has 63 heavy (non-hydrogen) atoms. The third kappa shape index (κ3) is 8.90. The Balaban J connectivity index is 1.04. The summed E-state index contributed by atoms with van der Waals surface area (Å²) in [6.07, 6.45) is 6.81. The highest BCUT2D eigenvalue weighted by Gasteiger charge is 2.43. The molecule has 0 saturated carbocycles. The molecule has 0 aliphatic carbocycles. The molecule has 2 unspecified atom stereocenters. The maximum absolute atomic E-state index is 13.8. The molecule has 2 fully saturated rings. The van der Waals surface area contributed by atoms with Crippen LogP contribution in [0.5, 0.6) is 5.75 Å². The molecule has 4 amide bonds. The van der Waals surface area contributed by atoms with Gasteiger partial charge >= 0.3 is 12.2 Å². The maximum Gasteiger partial charge on any atom is 0.407 e. The average molecular weight is 863 g/mol. The smallest absolute Gasteiger partial charge is 0.407 e. The van der Waals surface area contributed by atoms with Gasteiger partial charge in [-0.15, -0.1) is 0 Å². The van der Waals surface area contributed by atoms with Crippen molar-refractivity contribution in [1.82, 2.24) is 40.4 Å². The number of imidazole rings is 2. The summed E-state index contributed by atoms with van der Waals surface area (Å²) < 4.78 is 22.4. The van der Waals surface area contributed by atoms with Crippen LogP contribution in [0.4, 0.5) is 9.59 Å². The van der Waals surface area contributed by atoms with Crippen LogP contribution in [0, 0.1) is 5.92 Å². The van der Waals surface area contributed by atoms with E-state index in [4.69, 9.17) is 24.2 Å². The van der Waals surface area contributed by atoms with Gasteiger partial charge in [0.05, 0.1) is 67.5 Å². The van der Waals surface area contributed by atoms with E-state index in [-0.39, 0.29) is 49.6 Å². The molecule has 0 bridgehead atoms. The van der Waals surface area contributed by atoms with Crippen LogP contribution < -0.4 is 15.4 Å². The van der Waals surface area contributed by atoms with Crippen LogP contribution in [0.1, 0.15) is 95.9 Å². The number of carbonyl (C=O) groups is 4. The zero-order valence-electron chi connectivity index (χ0n) is 37.0. The predicted molar refractivity (Wildman–Crippen MR) is 237 cm³/mol. The van der Waals surface area contributed by atoms with E-state index in [9.17, 15) is 19.2 Å². The monoisotopic (exact) mass is 862 g/mol. The van der Waals surface area contributed by atoms with Gasteiger partial charge in [-0.1, -0.05) is 38.5 Å². The molecule has 16 heteroatoms. The summed E-state index contributed by atoms with van der Waals surface area (Å²) in [5, 5.41) is 7.04. The fourth-order valence-electron chi connectivity index (χ4n) is 10.0. The molecule has 4 N–H and O–H groups in total. The van der Waals surface area contributed by atoms with Gasteiger partial charge in [-0.05, 0) is 105 Å². The van der Waals surface area contributed by atoms with Crippen LogP contribution in [0.2, 0.25) is 0 Å². The van der Waals surface area contributed by atoms with E-state index >= 15 is 0 Å². The maximum atomic E-state index is 13.8. The second kappa shape index (κ2) is 18.3. The van der Waals surface area contributed by atoms with Crippen molar-refractivity contribution in [2.75, 3.05) is 33.9 Å². The number of nitrogens with zero attached hydrogens (tertiary/aromatic N) is 4. The molecule has 3 aliphatic rings. The summed E-state index contributed by atoms with van der Waals surface area (Å²) in [6, 6.07) is 14.1. The van der Waals surface area contributed by atoms with Gasteiger partial charge in [0.1, 0.15) is 37.1 Å². The van der Waals surface area contributed by atoms with Crippen molar-refractivity contribution < 1.29 is 38.1 Å². The Morgan fingerprint density at radius 3 is 2.56 bits per heavy atom. The van der Waals surface area contributed by atoms with Gasteiger partial charge in [-0.3, -0.25) is 9.59 Å². The number of alkyl carbamates (subject to hydrolysis) is 2. The lowest BCUT2D eigenvalue weighted by Crippen LogP contribution is -2.57. The Bertz CT molecular complexity index is 2520. The van der Waals surface area contributed by atoms with E-state index in [1.54, 1.807) is 11.1 Å². The molecule has 334 valence electrons. The van der Waals surface area contributed by atoms with Gasteiger partial charge in [-0.25, -0.2) is 19.6 Å². The van der Waals surface area contributed by atoms with Crippen molar-refractivity contribution in [2.45, 2.75) is 110 Å². The topological polar surface area (TPSA) is 193 Å². The van der Waals surface area contributed by atoms with Crippen molar-refractivity contribution in [1.29, 1.82) is 0 Å². The lowest BCUT2D eigenvalue weighted by Gasteiger charge is -2.47. The summed E-state index contributed by atoms with van der Waals surface area (Å²) in [5.74, 6) is 2.01. The number of aromatic amines is 2. The second-order valence-corrected chi connectivity index (χ2v) is 17.3. The van der Waals surface area contributed by atoms with Crippen molar-refractivity contribution in [3.63, 3.8) is 0 Å². The number of H-pyrrole nitrogens is 2. The number of fused-ring (bicyclic) bond motifs is 6. The third-order valence-corrected chi connectivity index (χ3v) is 13.0. The zero-order valence-corrected chi connectivity index (χ0v) is 37.0. The lowest BCUT2D eigenvalue weighted by molar-refractivity contribution is -0.166. The molecule has 2 aromatic heterocycles. The average Bonchev–Trinajstić information content (AvgIpc) is 4.05. The molecule has 2 saturated heterocycles. The minimum Gasteiger partial charge on any atom is -0.488 e. The van der Waals surface area contributed by atoms with E-state index in [2.05, 4.69) is 89.4 Å². The highest BCUT2D eigenvalue weighted by molar-refractivity contribution is 6.07. The number of rotatable bonds is 13. The molecular weight excluding hydrogens is 805 g/mol. The van der Waals surface area contributed by atoms with Gasteiger partial charge in [0.2, 0.25) is 11.8 Å². The molecule has 5 heterocycles. The SMILES string of the molecule is CCC[C@H]1CC(c2nc3c(ccc4cc5c(cc43)OCc3cc(-c4cnc(CN(C(=O)CNC(=O)OC)C(CC)[C@@]6(C)CCC[C@@H](C)O6)[nH]4)ccc3-5)[nH]2)N(C(=O)CNC(=O)OC)C1. The molecule has 5 aromatic rings. The number of likely N-dealkylation sites (tertiary alicyclic amines) is 1. The Morgan fingerprint density at radius 1 is 1.02 bits per heavy atom. The summed E-state index contributed by atoms with van der Waals surface area (Å²) in [5.41, 5.74) is 5.95. The number of hydrogen-bond donors (Lipinski definition) is 4. The largest absolute Gasteiger partial charge is 0.488 e. The molecule has 3 aliphatic heterocycles. The van der Waals surface area contributed by atoms with Crippen molar-refractivity contribution >= 4 is 45.8 Å². The van der Waals surface area contributed by atoms with Crippen molar-refractivity contribution in [3.8, 4) is 28.1 Å². The fourth-order valence-corrected chi connectivity index (χ4v) is 10.0. The van der Waals surface area contributed by atoms with Gasteiger partial charge in [0.15, 0.2) is 0 Å². The van der Waals surface area contributed by atoms with Crippen molar-refractivity contribution in [3.05, 3.63) is 65.9 Å². The van der Waals surface area contributed by atoms with Crippen LogP contribution in [0.15, 0.2) is 48.7 Å². The van der Waals surface area contributed by atoms with Gasteiger partial charge < -0.3 is 49.3 Å². The van der Waals surface area contributed by atoms with Gasteiger partial charge in [0.25, 0.3) is 0 Å². The fraction of sp³-hybridized carbons (Fsp3) is 0.489. The third-order valence-electron chi connectivity index (χ3n) is 13.0. The van der Waals surface area contributed by atoms with E-state index in [0.29, 0.717) is 31.3 Å². The van der Waals surface area contributed by atoms with Crippen LogP contribution >= 0.6 is 0 Å². The second-order valence-electron chi connectivity index (χ2n) is 17.3. The number of amides is 4. The van der Waals surface area contributed by atoms with Gasteiger partial charge in [0, 0.05) is 17.5 Å². The van der Waals surface area contributed by atoms with E-state index < -0.39 is 17.8 Å². The Labute approximate surface area is 366 Å². The summed E-state index contributed by atoms with van der Waals surface area (Å²) in [4.78, 5) is 71.2. The number of ether oxygens (including phenoxy) is 4. The quantitative estimate of drug-likeness (QED) is 0.0920. The molecule has 5 atom stereocenters. The summed E-state index contributed by atoms with van der Waals surface area (Å²) >= 11 is 0. The standard InChI is InChI=1S/C47H58N8O8/c1-7-10-28-17-37(54(24-28)41(56)22-49-45(58)60-5)44-52-35-15-13-29-19-34-32-14-12-30(18-31(32)26-62-38(34)20-33(29)43(35)53-44)36-21-48-40(51-36)25-55(42(57)23-50-46(59)61-6)39(8-2)47(4)16-9-11-27(3)63-47/h12-15,18-21,27-28,37,39H,7-11,16-17,22-26H2,1-6H3,(H,48,51)(H,49,58)(H,50,59)(H,52,53)/t27-,28+,37?,39?,47-/m1/s1. The van der Waals surface area contributed by atoms with Crippen molar-refractivity contribution in [2.24, 2.45) is 5.92 Å². The predicted octanol–water partition coefficient (Wildman–Crippen LogP) is 7.52. The zero-order chi connectivity index (χ0) is 44.4. The Kier molecular flexibility index (Phi) is 12.6. The van der Waals surface area contributed by atoms with Crippen LogP contribution in [0.25, 0.3) is 44.2 Å². The summed E-state index contributed by atoms with van der Waals surface area (Å²) in [7, 11) is 2.55. The van der Waals surface area contributed by atoms with Crippen LogP contribution in [-0.4, -0.2) is 105 Å². The first-order valence-corrected chi connectivity index (χ1v) is 22.1. The van der Waals surface area contributed by atoms with Gasteiger partial charge in [-0.2, -0.15) is 0 Å². The number of aromatic nitrogens is 4. The molecule has 0 spiro atoms. The first-order chi connectivity index (χ1) is 30.4. The number of methoxy groups -OCH3 is 2. The minimum atomic E-state index is -0.669. The lowest BCUT2D eigenvalue weighted by atomic mass is 9.84. The van der Waals surface area contributed by atoms with E-state index in [0.717, 1.165) is 99.9 Å².